The van der Waals surface area contributed by atoms with Crippen LogP contribution in [0, 0.1) is 0 Å². The van der Waals surface area contributed by atoms with Gasteiger partial charge in [-0.3, -0.25) is 9.48 Å². The lowest BCUT2D eigenvalue weighted by atomic mass is 10.1. The number of aliphatic hydroxyl groups excluding tert-OH is 1. The Balaban J connectivity index is 2.71. The first-order valence-electron chi connectivity index (χ1n) is 5.31. The lowest BCUT2D eigenvalue weighted by Gasteiger charge is -2.06. The van der Waals surface area contributed by atoms with Crippen LogP contribution >= 0.6 is 0 Å². The van der Waals surface area contributed by atoms with Gasteiger partial charge in [0.05, 0.1) is 12.1 Å². The SMILES string of the molecule is CCc1cc(CC(=O)C(O)CC)n(C)n1. The molecule has 0 radical (unpaired) electrons. The molecule has 0 aromatic carbocycles. The lowest BCUT2D eigenvalue weighted by molar-refractivity contribution is -0.126. The second kappa shape index (κ2) is 5.07. The third-order valence-electron chi connectivity index (χ3n) is 2.50. The van der Waals surface area contributed by atoms with Crippen LogP contribution in [0.15, 0.2) is 6.07 Å². The molecule has 0 amide bonds. The standard InChI is InChI=1S/C11H18N2O2/c1-4-8-6-9(13(3)12-8)7-11(15)10(14)5-2/h6,10,14H,4-5,7H2,1-3H3. The number of rotatable bonds is 5. The predicted octanol–water partition coefficient (Wildman–Crippen LogP) is 0.865. The molecule has 1 unspecified atom stereocenters. The fraction of sp³-hybridized carbons (Fsp3) is 0.636. The number of aryl methyl sites for hydroxylation is 2. The van der Waals surface area contributed by atoms with Gasteiger partial charge in [-0.25, -0.2) is 0 Å². The summed E-state index contributed by atoms with van der Waals surface area (Å²) in [6.07, 6.45) is 0.749. The third kappa shape index (κ3) is 2.89. The zero-order valence-electron chi connectivity index (χ0n) is 9.53. The number of Topliss-reactive ketones (excluding diaryl/α,β-unsaturated/α-hetero) is 1. The van der Waals surface area contributed by atoms with Crippen LogP contribution in [0.3, 0.4) is 0 Å². The van der Waals surface area contributed by atoms with E-state index in [9.17, 15) is 9.90 Å². The maximum Gasteiger partial charge on any atom is 0.167 e. The van der Waals surface area contributed by atoms with Gasteiger partial charge in [-0.1, -0.05) is 13.8 Å². The Bertz CT molecular complexity index is 344. The first kappa shape index (κ1) is 11.9. The van der Waals surface area contributed by atoms with Crippen LogP contribution in [-0.4, -0.2) is 26.8 Å². The third-order valence-corrected chi connectivity index (χ3v) is 2.50. The van der Waals surface area contributed by atoms with E-state index in [0.29, 0.717) is 6.42 Å². The van der Waals surface area contributed by atoms with Gasteiger partial charge < -0.3 is 5.11 Å². The number of nitrogens with zero attached hydrogens (tertiary/aromatic N) is 2. The summed E-state index contributed by atoms with van der Waals surface area (Å²) < 4.78 is 1.71. The molecule has 0 aliphatic heterocycles. The minimum Gasteiger partial charge on any atom is -0.385 e. The fourth-order valence-corrected chi connectivity index (χ4v) is 1.43. The van der Waals surface area contributed by atoms with Crippen LogP contribution in [0.4, 0.5) is 0 Å². The molecular formula is C11H18N2O2. The Morgan fingerprint density at radius 3 is 2.73 bits per heavy atom. The Morgan fingerprint density at radius 1 is 1.60 bits per heavy atom. The molecule has 0 aliphatic rings. The molecule has 1 rings (SSSR count). The van der Waals surface area contributed by atoms with E-state index in [-0.39, 0.29) is 12.2 Å². The van der Waals surface area contributed by atoms with Gasteiger partial charge in [0.1, 0.15) is 6.10 Å². The monoisotopic (exact) mass is 210 g/mol. The van der Waals surface area contributed by atoms with Gasteiger partial charge >= 0.3 is 0 Å². The van der Waals surface area contributed by atoms with Gasteiger partial charge in [0.25, 0.3) is 0 Å². The molecule has 0 spiro atoms. The van der Waals surface area contributed by atoms with Crippen molar-refractivity contribution >= 4 is 5.78 Å². The van der Waals surface area contributed by atoms with Crippen LogP contribution in [-0.2, 0) is 24.7 Å². The van der Waals surface area contributed by atoms with Gasteiger partial charge in [0, 0.05) is 12.7 Å². The molecule has 0 saturated carbocycles. The number of hydrogen-bond acceptors (Lipinski definition) is 3. The van der Waals surface area contributed by atoms with E-state index in [1.807, 2.05) is 20.0 Å². The largest absolute Gasteiger partial charge is 0.385 e. The van der Waals surface area contributed by atoms with Crippen molar-refractivity contribution in [2.24, 2.45) is 7.05 Å². The van der Waals surface area contributed by atoms with Crippen molar-refractivity contribution in [3.8, 4) is 0 Å². The number of hydrogen-bond donors (Lipinski definition) is 1. The van der Waals surface area contributed by atoms with Crippen molar-refractivity contribution in [3.05, 3.63) is 17.5 Å². The molecule has 0 bridgehead atoms. The van der Waals surface area contributed by atoms with Crippen molar-refractivity contribution < 1.29 is 9.90 Å². The molecular weight excluding hydrogens is 192 g/mol. The first-order valence-corrected chi connectivity index (χ1v) is 5.31. The van der Waals surface area contributed by atoms with Crippen molar-refractivity contribution in [1.82, 2.24) is 9.78 Å². The topological polar surface area (TPSA) is 55.1 Å². The Labute approximate surface area is 89.9 Å². The van der Waals surface area contributed by atoms with Crippen molar-refractivity contribution in [2.45, 2.75) is 39.2 Å². The molecule has 1 atom stereocenters. The summed E-state index contributed by atoms with van der Waals surface area (Å²) in [7, 11) is 1.82. The van der Waals surface area contributed by atoms with Crippen LogP contribution in [0.1, 0.15) is 31.7 Å². The highest BCUT2D eigenvalue weighted by molar-refractivity contribution is 5.84. The molecule has 0 saturated heterocycles. The summed E-state index contributed by atoms with van der Waals surface area (Å²) in [5.74, 6) is -0.136. The smallest absolute Gasteiger partial charge is 0.167 e. The molecule has 1 heterocycles. The highest BCUT2D eigenvalue weighted by Gasteiger charge is 2.15. The molecule has 0 fully saturated rings. The molecule has 84 valence electrons. The van der Waals surface area contributed by atoms with Gasteiger partial charge in [-0.2, -0.15) is 5.10 Å². The van der Waals surface area contributed by atoms with E-state index >= 15 is 0 Å². The van der Waals surface area contributed by atoms with E-state index in [1.165, 1.54) is 0 Å². The van der Waals surface area contributed by atoms with Crippen LogP contribution in [0.5, 0.6) is 0 Å². The van der Waals surface area contributed by atoms with Gasteiger partial charge in [0.15, 0.2) is 5.78 Å². The zero-order chi connectivity index (χ0) is 11.4. The highest BCUT2D eigenvalue weighted by Crippen LogP contribution is 2.07. The van der Waals surface area contributed by atoms with E-state index in [0.717, 1.165) is 17.8 Å². The maximum absolute atomic E-state index is 11.5. The van der Waals surface area contributed by atoms with Crippen LogP contribution in [0.2, 0.25) is 0 Å². The van der Waals surface area contributed by atoms with Crippen molar-refractivity contribution in [3.63, 3.8) is 0 Å². The predicted molar refractivity (Wildman–Crippen MR) is 57.6 cm³/mol. The van der Waals surface area contributed by atoms with E-state index in [1.54, 1.807) is 11.6 Å². The van der Waals surface area contributed by atoms with Crippen LogP contribution < -0.4 is 0 Å². The fourth-order valence-electron chi connectivity index (χ4n) is 1.43. The lowest BCUT2D eigenvalue weighted by Crippen LogP contribution is -2.22. The molecule has 0 aliphatic carbocycles. The molecule has 15 heavy (non-hydrogen) atoms. The molecule has 1 aromatic heterocycles. The van der Waals surface area contributed by atoms with Crippen molar-refractivity contribution in [2.75, 3.05) is 0 Å². The Hall–Kier alpha value is -1.16. The summed E-state index contributed by atoms with van der Waals surface area (Å²) in [5.41, 5.74) is 1.84. The summed E-state index contributed by atoms with van der Waals surface area (Å²) >= 11 is 0. The number of ketones is 1. The highest BCUT2D eigenvalue weighted by atomic mass is 16.3. The average Bonchev–Trinajstić information content (AvgIpc) is 2.58. The summed E-state index contributed by atoms with van der Waals surface area (Å²) in [6.45, 7) is 3.82. The molecule has 1 aromatic rings. The van der Waals surface area contributed by atoms with Gasteiger partial charge in [0.2, 0.25) is 0 Å². The minimum atomic E-state index is -0.843. The summed E-state index contributed by atoms with van der Waals surface area (Å²) in [6, 6.07) is 1.92. The zero-order valence-corrected chi connectivity index (χ0v) is 9.53. The van der Waals surface area contributed by atoms with Crippen molar-refractivity contribution in [1.29, 1.82) is 0 Å². The minimum absolute atomic E-state index is 0.136. The van der Waals surface area contributed by atoms with Gasteiger partial charge in [-0.05, 0) is 18.9 Å². The number of aromatic nitrogens is 2. The summed E-state index contributed by atoms with van der Waals surface area (Å²) in [5, 5.41) is 13.6. The second-order valence-electron chi connectivity index (χ2n) is 3.67. The van der Waals surface area contributed by atoms with E-state index in [2.05, 4.69) is 5.10 Å². The number of aliphatic hydroxyl groups is 1. The normalized spacial score (nSPS) is 12.8. The second-order valence-corrected chi connectivity index (χ2v) is 3.67. The number of carbonyl (C=O) groups excluding carboxylic acids is 1. The van der Waals surface area contributed by atoms with E-state index < -0.39 is 6.10 Å². The van der Waals surface area contributed by atoms with E-state index in [4.69, 9.17) is 0 Å². The molecule has 1 N–H and O–H groups in total. The quantitative estimate of drug-likeness (QED) is 0.784. The average molecular weight is 210 g/mol. The Kier molecular flexibility index (Phi) is 4.03. The Morgan fingerprint density at radius 2 is 2.27 bits per heavy atom. The number of carbonyl (C=O) groups is 1. The molecule has 4 nitrogen and oxygen atoms in total. The van der Waals surface area contributed by atoms with Gasteiger partial charge in [-0.15, -0.1) is 0 Å². The first-order chi connectivity index (χ1) is 7.08. The summed E-state index contributed by atoms with van der Waals surface area (Å²) in [4.78, 5) is 11.5. The molecule has 4 heteroatoms. The maximum atomic E-state index is 11.5. The van der Waals surface area contributed by atoms with Crippen LogP contribution in [0.25, 0.3) is 0 Å².